The number of fused-ring (bicyclic) bond motifs is 3. The molecule has 0 unspecified atom stereocenters. The summed E-state index contributed by atoms with van der Waals surface area (Å²) in [5, 5.41) is 0.863. The van der Waals surface area contributed by atoms with Gasteiger partial charge in [0, 0.05) is 23.4 Å². The molecule has 0 atom stereocenters. The van der Waals surface area contributed by atoms with Crippen LogP contribution in [-0.4, -0.2) is 35.0 Å². The summed E-state index contributed by atoms with van der Waals surface area (Å²) in [7, 11) is -1.94. The highest BCUT2D eigenvalue weighted by atomic mass is 32.2. The van der Waals surface area contributed by atoms with Gasteiger partial charge in [-0.15, -0.1) is 0 Å². The molecule has 0 saturated heterocycles. The molecule has 1 aliphatic rings. The van der Waals surface area contributed by atoms with Crippen LogP contribution in [0, 0.1) is 0 Å². The molecule has 1 aromatic carbocycles. The van der Waals surface area contributed by atoms with Gasteiger partial charge in [-0.25, -0.2) is 4.79 Å². The summed E-state index contributed by atoms with van der Waals surface area (Å²) in [5.41, 5.74) is 1.98. The second-order valence-electron chi connectivity index (χ2n) is 6.28. The Hall–Kier alpha value is -2.06. The Balaban J connectivity index is 1.85. The van der Waals surface area contributed by atoms with Crippen LogP contribution in [0.2, 0.25) is 0 Å². The number of hydrogen-bond donors (Lipinski definition) is 0. The third-order valence-corrected chi connectivity index (χ3v) is 4.95. The smallest absolute Gasteiger partial charge is 0.339 e. The zero-order valence-corrected chi connectivity index (χ0v) is 15.7. The molecule has 2 aromatic rings. The van der Waals surface area contributed by atoms with Gasteiger partial charge in [0.15, 0.2) is 11.5 Å². The average Bonchev–Trinajstić information content (AvgIpc) is 2.60. The van der Waals surface area contributed by atoms with E-state index < -0.39 is 10.1 Å². The van der Waals surface area contributed by atoms with Crippen LogP contribution in [0.5, 0.6) is 11.5 Å². The quantitative estimate of drug-likeness (QED) is 0.412. The molecule has 0 fully saturated rings. The lowest BCUT2D eigenvalue weighted by Crippen LogP contribution is -2.16. The number of rotatable bonds is 7. The molecule has 1 aliphatic carbocycles. The fourth-order valence-corrected chi connectivity index (χ4v) is 3.60. The number of hydrogen-bond acceptors (Lipinski definition) is 7. The molecule has 3 rings (SSSR count). The molecule has 0 saturated carbocycles. The Bertz CT molecular complexity index is 960. The molecule has 8 heteroatoms. The topological polar surface area (TPSA) is 92.0 Å². The van der Waals surface area contributed by atoms with E-state index in [1.54, 1.807) is 6.07 Å². The Kier molecular flexibility index (Phi) is 5.52. The summed E-state index contributed by atoms with van der Waals surface area (Å²) in [6.45, 7) is 0.329. The maximum absolute atomic E-state index is 12.2. The number of methoxy groups -OCH3 is 1. The highest BCUT2D eigenvalue weighted by Gasteiger charge is 2.20. The van der Waals surface area contributed by atoms with E-state index in [2.05, 4.69) is 0 Å². The van der Waals surface area contributed by atoms with E-state index >= 15 is 0 Å². The van der Waals surface area contributed by atoms with Gasteiger partial charge < -0.3 is 13.9 Å². The molecule has 0 radical (unpaired) electrons. The van der Waals surface area contributed by atoms with Crippen molar-refractivity contribution in [3.63, 3.8) is 0 Å². The minimum atomic E-state index is -3.45. The minimum absolute atomic E-state index is 0.0546. The van der Waals surface area contributed by atoms with Gasteiger partial charge in [-0.05, 0) is 37.3 Å². The van der Waals surface area contributed by atoms with Crippen molar-refractivity contribution in [2.75, 3.05) is 26.6 Å². The van der Waals surface area contributed by atoms with E-state index in [-0.39, 0.29) is 18.8 Å². The van der Waals surface area contributed by atoms with Gasteiger partial charge >= 0.3 is 5.63 Å². The molecule has 1 heterocycles. The fourth-order valence-electron chi connectivity index (χ4n) is 3.17. The van der Waals surface area contributed by atoms with Crippen LogP contribution in [0.1, 0.15) is 30.4 Å². The Morgan fingerprint density at radius 3 is 2.50 bits per heavy atom. The first-order chi connectivity index (χ1) is 12.4. The number of benzene rings is 1. The Morgan fingerprint density at radius 2 is 1.81 bits per heavy atom. The van der Waals surface area contributed by atoms with Crippen molar-refractivity contribution in [3.05, 3.63) is 33.7 Å². The van der Waals surface area contributed by atoms with Gasteiger partial charge in [0.25, 0.3) is 10.1 Å². The van der Waals surface area contributed by atoms with Gasteiger partial charge in [-0.3, -0.25) is 4.18 Å². The van der Waals surface area contributed by atoms with E-state index in [1.165, 1.54) is 7.11 Å². The van der Waals surface area contributed by atoms with E-state index in [0.717, 1.165) is 48.5 Å². The Morgan fingerprint density at radius 1 is 1.08 bits per heavy atom. The monoisotopic (exact) mass is 382 g/mol. The molecule has 26 heavy (non-hydrogen) atoms. The van der Waals surface area contributed by atoms with Gasteiger partial charge in [-0.2, -0.15) is 8.42 Å². The molecule has 0 spiro atoms. The van der Waals surface area contributed by atoms with Crippen LogP contribution in [0.25, 0.3) is 11.0 Å². The van der Waals surface area contributed by atoms with Crippen LogP contribution in [0.4, 0.5) is 0 Å². The summed E-state index contributed by atoms with van der Waals surface area (Å²) < 4.78 is 43.2. The second kappa shape index (κ2) is 7.67. The van der Waals surface area contributed by atoms with Crippen molar-refractivity contribution in [3.8, 4) is 11.5 Å². The summed E-state index contributed by atoms with van der Waals surface area (Å²) >= 11 is 0. The SMILES string of the molecule is COc1cc2oc(=O)c3c(c2cc1OCCCOS(C)(=O)=O)CCCC3. The first-order valence-electron chi connectivity index (χ1n) is 8.53. The van der Waals surface area contributed by atoms with Crippen molar-refractivity contribution in [1.29, 1.82) is 0 Å². The first kappa shape index (κ1) is 18.7. The van der Waals surface area contributed by atoms with E-state index in [0.29, 0.717) is 23.5 Å². The summed E-state index contributed by atoms with van der Waals surface area (Å²) in [5.74, 6) is 0.987. The van der Waals surface area contributed by atoms with Crippen LogP contribution in [-0.2, 0) is 27.1 Å². The molecule has 0 bridgehead atoms. The zero-order valence-electron chi connectivity index (χ0n) is 14.9. The van der Waals surface area contributed by atoms with Crippen molar-refractivity contribution in [1.82, 2.24) is 0 Å². The minimum Gasteiger partial charge on any atom is -0.493 e. The van der Waals surface area contributed by atoms with Crippen LogP contribution < -0.4 is 15.1 Å². The van der Waals surface area contributed by atoms with Crippen molar-refractivity contribution < 1.29 is 26.5 Å². The molecule has 1 aromatic heterocycles. The standard InChI is InChI=1S/C18H22O7S/c1-22-16-11-15-14(12-6-3-4-7-13(12)18(19)25-15)10-17(16)23-8-5-9-24-26(2,20)21/h10-11H,3-9H2,1-2H3. The molecule has 7 nitrogen and oxygen atoms in total. The normalized spacial score (nSPS) is 14.2. The number of ether oxygens (including phenoxy) is 2. The predicted molar refractivity (Wildman–Crippen MR) is 96.6 cm³/mol. The molecule has 0 N–H and O–H groups in total. The van der Waals surface area contributed by atoms with Gasteiger partial charge in [0.2, 0.25) is 0 Å². The highest BCUT2D eigenvalue weighted by Crippen LogP contribution is 2.36. The maximum Gasteiger partial charge on any atom is 0.339 e. The van der Waals surface area contributed by atoms with Crippen LogP contribution in [0.15, 0.2) is 21.3 Å². The second-order valence-corrected chi connectivity index (χ2v) is 7.93. The summed E-state index contributed by atoms with van der Waals surface area (Å²) in [6, 6.07) is 3.49. The predicted octanol–water partition coefficient (Wildman–Crippen LogP) is 2.43. The maximum atomic E-state index is 12.2. The lowest BCUT2D eigenvalue weighted by Gasteiger charge is -2.18. The van der Waals surface area contributed by atoms with Crippen molar-refractivity contribution in [2.45, 2.75) is 32.1 Å². The molecule has 0 amide bonds. The lowest BCUT2D eigenvalue weighted by atomic mass is 9.90. The van der Waals surface area contributed by atoms with Gasteiger partial charge in [0.1, 0.15) is 5.58 Å². The average molecular weight is 382 g/mol. The van der Waals surface area contributed by atoms with Gasteiger partial charge in [-0.1, -0.05) is 0 Å². The van der Waals surface area contributed by atoms with E-state index in [1.807, 2.05) is 6.07 Å². The van der Waals surface area contributed by atoms with Gasteiger partial charge in [0.05, 0.1) is 26.6 Å². The zero-order chi connectivity index (χ0) is 18.7. The van der Waals surface area contributed by atoms with E-state index in [9.17, 15) is 13.2 Å². The van der Waals surface area contributed by atoms with Crippen LogP contribution in [0.3, 0.4) is 0 Å². The summed E-state index contributed by atoms with van der Waals surface area (Å²) in [4.78, 5) is 12.2. The molecule has 0 aliphatic heterocycles. The largest absolute Gasteiger partial charge is 0.493 e. The van der Waals surface area contributed by atoms with E-state index in [4.69, 9.17) is 18.1 Å². The molecule has 142 valence electrons. The van der Waals surface area contributed by atoms with Crippen LogP contribution >= 0.6 is 0 Å². The highest BCUT2D eigenvalue weighted by molar-refractivity contribution is 7.85. The third-order valence-electron chi connectivity index (χ3n) is 4.35. The summed E-state index contributed by atoms with van der Waals surface area (Å²) in [6.07, 6.45) is 5.02. The molecular weight excluding hydrogens is 360 g/mol. The van der Waals surface area contributed by atoms with Crippen molar-refractivity contribution >= 4 is 21.1 Å². The Labute approximate surface area is 152 Å². The lowest BCUT2D eigenvalue weighted by molar-refractivity contribution is 0.244. The number of aryl methyl sites for hydroxylation is 1. The van der Waals surface area contributed by atoms with Crippen molar-refractivity contribution in [2.24, 2.45) is 0 Å². The fraction of sp³-hybridized carbons (Fsp3) is 0.500. The third kappa shape index (κ3) is 4.19. The molecular formula is C18H22O7S. The first-order valence-corrected chi connectivity index (χ1v) is 10.3.